The van der Waals surface area contributed by atoms with Gasteiger partial charge in [0, 0.05) is 6.92 Å². The Morgan fingerprint density at radius 3 is 1.69 bits per heavy atom. The molecule has 0 fully saturated rings. The van der Waals surface area contributed by atoms with Gasteiger partial charge in [-0.2, -0.15) is 22.0 Å². The summed E-state index contributed by atoms with van der Waals surface area (Å²) in [5, 5.41) is 9.48. The van der Waals surface area contributed by atoms with Gasteiger partial charge in [0.15, 0.2) is 0 Å². The Balaban J connectivity index is 5.53. The third-order valence-corrected chi connectivity index (χ3v) is 1.84. The van der Waals surface area contributed by atoms with Crippen molar-refractivity contribution in [2.45, 2.75) is 31.5 Å². The first kappa shape index (κ1) is 14.6. The molecule has 0 saturated carbocycles. The third-order valence-electron chi connectivity index (χ3n) is 1.84. The summed E-state index contributed by atoms with van der Waals surface area (Å²) in [5.74, 6) is -9.38. The van der Waals surface area contributed by atoms with E-state index in [2.05, 4.69) is 0 Å². The first-order valence-corrected chi connectivity index (χ1v) is 3.83. The summed E-state index contributed by atoms with van der Waals surface area (Å²) in [6.45, 7) is 0.720. The topological polar surface area (TPSA) is 66.4 Å². The quantitative estimate of drug-likeness (QED) is 0.737. The smallest absolute Gasteiger partial charge is 0.456 e. The predicted octanol–water partition coefficient (Wildman–Crippen LogP) is 1.16. The molecule has 0 aliphatic rings. The maximum absolute atomic E-state index is 12.9. The second-order valence-corrected chi connectivity index (χ2v) is 3.18. The zero-order valence-electron chi connectivity index (χ0n) is 8.15. The maximum Gasteiger partial charge on any atom is 0.456 e. The molecule has 9 heteroatoms. The molecule has 1 unspecified atom stereocenters. The van der Waals surface area contributed by atoms with Crippen LogP contribution in [0.2, 0.25) is 0 Å². The van der Waals surface area contributed by atoms with Crippen molar-refractivity contribution < 1.29 is 36.6 Å². The predicted molar refractivity (Wildman–Crippen MR) is 40.9 cm³/mol. The number of hydrogen-bond donors (Lipinski definition) is 2. The average Bonchev–Trinajstić information content (AvgIpc) is 1.99. The number of rotatable bonds is 3. The lowest BCUT2D eigenvalue weighted by Gasteiger charge is -2.34. The Morgan fingerprint density at radius 1 is 1.12 bits per heavy atom. The molecule has 0 radical (unpaired) electrons. The van der Waals surface area contributed by atoms with Gasteiger partial charge in [0.1, 0.15) is 0 Å². The minimum Gasteiger partial charge on any atom is -0.479 e. The van der Waals surface area contributed by atoms with Crippen molar-refractivity contribution in [1.29, 1.82) is 0 Å². The van der Waals surface area contributed by atoms with E-state index in [1.54, 1.807) is 0 Å². The van der Waals surface area contributed by atoms with Crippen molar-refractivity contribution in [3.63, 3.8) is 0 Å². The fourth-order valence-electron chi connectivity index (χ4n) is 0.902. The number of carbonyl (C=O) groups is 2. The Bertz CT molecular complexity index is 314. The van der Waals surface area contributed by atoms with E-state index in [0.717, 1.165) is 5.32 Å². The molecule has 0 aromatic rings. The lowest BCUT2D eigenvalue weighted by Crippen LogP contribution is -2.68. The number of hydrogen-bond acceptors (Lipinski definition) is 2. The molecule has 0 heterocycles. The summed E-state index contributed by atoms with van der Waals surface area (Å²) in [5.41, 5.74) is -3.74. The van der Waals surface area contributed by atoms with Crippen molar-refractivity contribution in [3.05, 3.63) is 0 Å². The summed E-state index contributed by atoms with van der Waals surface area (Å²) in [6.07, 6.45) is -6.08. The molecule has 16 heavy (non-hydrogen) atoms. The highest BCUT2D eigenvalue weighted by atomic mass is 19.4. The van der Waals surface area contributed by atoms with Gasteiger partial charge < -0.3 is 10.4 Å². The summed E-state index contributed by atoms with van der Waals surface area (Å²) < 4.78 is 61.7. The largest absolute Gasteiger partial charge is 0.479 e. The molecule has 0 bridgehead atoms. The molecule has 2 N–H and O–H groups in total. The van der Waals surface area contributed by atoms with E-state index in [0.29, 0.717) is 6.92 Å². The monoisotopic (exact) mass is 249 g/mol. The van der Waals surface area contributed by atoms with Gasteiger partial charge in [0.05, 0.1) is 0 Å². The number of carboxylic acid groups (broad SMARTS) is 1. The molecular formula is C7H8F5NO3. The number of amides is 1. The maximum atomic E-state index is 12.9. The molecule has 0 aromatic heterocycles. The molecule has 94 valence electrons. The molecule has 0 spiro atoms. The lowest BCUT2D eigenvalue weighted by molar-refractivity contribution is -0.306. The van der Waals surface area contributed by atoms with Crippen LogP contribution in [0.4, 0.5) is 22.0 Å². The molecule has 0 saturated heterocycles. The minimum absolute atomic E-state index is 0.0875. The Kier molecular flexibility index (Phi) is 3.53. The van der Waals surface area contributed by atoms with Gasteiger partial charge in [-0.1, -0.05) is 0 Å². The molecule has 0 rings (SSSR count). The van der Waals surface area contributed by atoms with Gasteiger partial charge in [-0.25, -0.2) is 4.79 Å². The minimum atomic E-state index is -6.08. The van der Waals surface area contributed by atoms with Gasteiger partial charge >= 0.3 is 18.1 Å². The van der Waals surface area contributed by atoms with E-state index in [1.165, 1.54) is 0 Å². The fourth-order valence-corrected chi connectivity index (χ4v) is 0.902. The summed E-state index contributed by atoms with van der Waals surface area (Å²) in [4.78, 5) is 20.9. The molecule has 0 aliphatic heterocycles. The molecule has 0 aromatic carbocycles. The lowest BCUT2D eigenvalue weighted by atomic mass is 9.93. The van der Waals surface area contributed by atoms with E-state index in [1.807, 2.05) is 0 Å². The number of carbonyl (C=O) groups excluding carboxylic acids is 1. The molecular weight excluding hydrogens is 241 g/mol. The van der Waals surface area contributed by atoms with Crippen LogP contribution in [0.5, 0.6) is 0 Å². The van der Waals surface area contributed by atoms with Crippen LogP contribution in [0.25, 0.3) is 0 Å². The van der Waals surface area contributed by atoms with Crippen molar-refractivity contribution in [2.24, 2.45) is 0 Å². The summed E-state index contributed by atoms with van der Waals surface area (Å²) >= 11 is 0. The standard InChI is InChI=1S/C7H8F5NO3/c1-3(14)13-5(2,4(15)16)6(8,9)7(10,11)12/h1-2H3,(H,13,14)(H,15,16). The Labute approximate surface area is 86.4 Å². The van der Waals surface area contributed by atoms with E-state index in [4.69, 9.17) is 5.11 Å². The third kappa shape index (κ3) is 2.22. The molecule has 0 aliphatic carbocycles. The highest BCUT2D eigenvalue weighted by Gasteiger charge is 2.72. The van der Waals surface area contributed by atoms with Gasteiger partial charge in [-0.05, 0) is 6.92 Å². The fraction of sp³-hybridized carbons (Fsp3) is 0.714. The van der Waals surface area contributed by atoms with Gasteiger partial charge in [0.2, 0.25) is 11.4 Å². The highest BCUT2D eigenvalue weighted by molar-refractivity contribution is 5.86. The number of carboxylic acids is 1. The number of aliphatic carboxylic acids is 1. The van der Waals surface area contributed by atoms with Crippen molar-refractivity contribution in [3.8, 4) is 0 Å². The Morgan fingerprint density at radius 2 is 1.50 bits per heavy atom. The van der Waals surface area contributed by atoms with Crippen LogP contribution < -0.4 is 5.32 Å². The van der Waals surface area contributed by atoms with Crippen LogP contribution in [-0.4, -0.2) is 34.6 Å². The second kappa shape index (κ2) is 3.87. The van der Waals surface area contributed by atoms with Crippen LogP contribution in [-0.2, 0) is 9.59 Å². The molecule has 1 amide bonds. The van der Waals surface area contributed by atoms with Crippen LogP contribution in [0.3, 0.4) is 0 Å². The normalized spacial score (nSPS) is 16.4. The van der Waals surface area contributed by atoms with Crippen LogP contribution in [0.1, 0.15) is 13.8 Å². The summed E-state index contributed by atoms with van der Waals surface area (Å²) in [7, 11) is 0. The van der Waals surface area contributed by atoms with Crippen molar-refractivity contribution in [1.82, 2.24) is 5.32 Å². The molecule has 1 atom stereocenters. The average molecular weight is 249 g/mol. The number of nitrogens with one attached hydrogen (secondary N) is 1. The van der Waals surface area contributed by atoms with Gasteiger partial charge in [-0.3, -0.25) is 4.79 Å². The van der Waals surface area contributed by atoms with Crippen molar-refractivity contribution >= 4 is 11.9 Å². The first-order chi connectivity index (χ1) is 6.86. The number of alkyl halides is 5. The van der Waals surface area contributed by atoms with E-state index in [9.17, 15) is 31.5 Å². The first-order valence-electron chi connectivity index (χ1n) is 3.83. The zero-order chi connectivity index (χ0) is 13.4. The van der Waals surface area contributed by atoms with E-state index < -0.39 is 29.5 Å². The van der Waals surface area contributed by atoms with E-state index in [-0.39, 0.29) is 6.92 Å². The SMILES string of the molecule is CC(=O)NC(C)(C(=O)O)C(F)(F)C(F)(F)F. The Hall–Kier alpha value is -1.41. The van der Waals surface area contributed by atoms with Gasteiger partial charge in [-0.15, -0.1) is 0 Å². The van der Waals surface area contributed by atoms with Crippen molar-refractivity contribution in [2.75, 3.05) is 0 Å². The zero-order valence-corrected chi connectivity index (χ0v) is 8.15. The van der Waals surface area contributed by atoms with Crippen LogP contribution >= 0.6 is 0 Å². The van der Waals surface area contributed by atoms with Gasteiger partial charge in [0.25, 0.3) is 0 Å². The second-order valence-electron chi connectivity index (χ2n) is 3.18. The van der Waals surface area contributed by atoms with Crippen LogP contribution in [0, 0.1) is 0 Å². The van der Waals surface area contributed by atoms with E-state index >= 15 is 0 Å². The highest BCUT2D eigenvalue weighted by Crippen LogP contribution is 2.43. The van der Waals surface area contributed by atoms with Crippen LogP contribution in [0.15, 0.2) is 0 Å². The number of halogens is 5. The summed E-state index contributed by atoms with van der Waals surface area (Å²) in [6, 6.07) is 0. The molecule has 4 nitrogen and oxygen atoms in total.